The van der Waals surface area contributed by atoms with Gasteiger partial charge in [-0.25, -0.2) is 4.98 Å². The topological polar surface area (TPSA) is 134 Å². The Labute approximate surface area is 176 Å². The molecule has 0 saturated carbocycles. The minimum Gasteiger partial charge on any atom is -0.508 e. The number of phenols is 1. The van der Waals surface area contributed by atoms with Gasteiger partial charge < -0.3 is 31.1 Å². The molecule has 3 rings (SSSR count). The van der Waals surface area contributed by atoms with Gasteiger partial charge in [0.05, 0.1) is 11.9 Å². The summed E-state index contributed by atoms with van der Waals surface area (Å²) in [5.41, 5.74) is 7.54. The smallest absolute Gasteiger partial charge is 0.226 e. The number of hydrogen-bond donors (Lipinski definition) is 5. The molecule has 162 valence electrons. The molecule has 0 atom stereocenters. The summed E-state index contributed by atoms with van der Waals surface area (Å²) >= 11 is 0. The molecule has 0 amide bonds. The molecular formula is C21H31N7O2. The van der Waals surface area contributed by atoms with Crippen molar-refractivity contribution in [3.63, 3.8) is 0 Å². The van der Waals surface area contributed by atoms with Gasteiger partial charge in [-0.05, 0) is 44.9 Å². The highest BCUT2D eigenvalue weighted by molar-refractivity contribution is 5.84. The number of benzene rings is 1. The van der Waals surface area contributed by atoms with E-state index in [9.17, 15) is 10.2 Å². The van der Waals surface area contributed by atoms with Gasteiger partial charge in [-0.1, -0.05) is 13.8 Å². The van der Waals surface area contributed by atoms with Crippen molar-refractivity contribution < 1.29 is 10.2 Å². The number of phenolic OH excluding ortho intramolecular Hbond substituents is 1. The summed E-state index contributed by atoms with van der Waals surface area (Å²) in [5.74, 6) is 1.10. The van der Waals surface area contributed by atoms with Crippen molar-refractivity contribution in [3.8, 4) is 5.75 Å². The Bertz CT molecular complexity index is 1010. The maximum Gasteiger partial charge on any atom is 0.226 e. The van der Waals surface area contributed by atoms with E-state index in [1.54, 1.807) is 38.4 Å². The normalized spacial score (nSPS) is 11.9. The molecule has 0 bridgehead atoms. The fourth-order valence-electron chi connectivity index (χ4n) is 3.29. The fraction of sp³-hybridized carbons (Fsp3) is 0.476. The number of rotatable bonds is 9. The van der Waals surface area contributed by atoms with E-state index in [0.717, 1.165) is 18.5 Å². The van der Waals surface area contributed by atoms with E-state index in [1.807, 2.05) is 0 Å². The van der Waals surface area contributed by atoms with E-state index in [-0.39, 0.29) is 11.8 Å². The molecule has 0 spiro atoms. The molecule has 30 heavy (non-hydrogen) atoms. The summed E-state index contributed by atoms with van der Waals surface area (Å²) in [6, 6.07) is 5.21. The lowest BCUT2D eigenvalue weighted by Gasteiger charge is -2.19. The first-order chi connectivity index (χ1) is 14.2. The highest BCUT2D eigenvalue weighted by Gasteiger charge is 2.19. The Hall–Kier alpha value is -3.07. The minimum absolute atomic E-state index is 0.157. The average molecular weight is 414 g/mol. The van der Waals surface area contributed by atoms with E-state index in [0.29, 0.717) is 41.6 Å². The van der Waals surface area contributed by atoms with E-state index in [2.05, 4.69) is 44.0 Å². The minimum atomic E-state index is -0.908. The van der Waals surface area contributed by atoms with Gasteiger partial charge in [-0.2, -0.15) is 9.97 Å². The maximum absolute atomic E-state index is 10.1. The largest absolute Gasteiger partial charge is 0.508 e. The van der Waals surface area contributed by atoms with Crippen LogP contribution in [0.5, 0.6) is 5.75 Å². The van der Waals surface area contributed by atoms with Crippen LogP contribution in [0.25, 0.3) is 11.2 Å². The number of nitrogens with two attached hydrogens (primary N) is 1. The molecule has 0 fully saturated rings. The third kappa shape index (κ3) is 4.91. The Balaban J connectivity index is 1.99. The number of imidazole rings is 1. The SMILES string of the molecule is CCC(CC)n1cnc2c(NCc3cc(N)ccc3O)nc(NCC(C)(C)O)nc21. The number of nitrogen functional groups attached to an aromatic ring is 1. The highest BCUT2D eigenvalue weighted by Crippen LogP contribution is 2.27. The zero-order valence-corrected chi connectivity index (χ0v) is 18.0. The quantitative estimate of drug-likeness (QED) is 0.266. The summed E-state index contributed by atoms with van der Waals surface area (Å²) in [7, 11) is 0. The molecular weight excluding hydrogens is 382 g/mol. The van der Waals surface area contributed by atoms with Gasteiger partial charge in [0.1, 0.15) is 5.75 Å². The first kappa shape index (κ1) is 21.6. The van der Waals surface area contributed by atoms with Crippen LogP contribution < -0.4 is 16.4 Å². The molecule has 6 N–H and O–H groups in total. The van der Waals surface area contributed by atoms with Crippen molar-refractivity contribution >= 4 is 28.6 Å². The van der Waals surface area contributed by atoms with Crippen molar-refractivity contribution in [2.24, 2.45) is 0 Å². The first-order valence-electron chi connectivity index (χ1n) is 10.2. The van der Waals surface area contributed by atoms with Gasteiger partial charge >= 0.3 is 0 Å². The number of nitrogens with one attached hydrogen (secondary N) is 2. The number of aromatic hydroxyl groups is 1. The number of nitrogens with zero attached hydrogens (tertiary/aromatic N) is 4. The Morgan fingerprint density at radius 3 is 2.57 bits per heavy atom. The summed E-state index contributed by atoms with van der Waals surface area (Å²) in [6.45, 7) is 8.33. The molecule has 2 heterocycles. The lowest BCUT2D eigenvalue weighted by atomic mass is 10.1. The number of hydrogen-bond acceptors (Lipinski definition) is 8. The second-order valence-electron chi connectivity index (χ2n) is 8.10. The van der Waals surface area contributed by atoms with Crippen molar-refractivity contribution in [2.45, 2.75) is 58.7 Å². The third-order valence-electron chi connectivity index (χ3n) is 4.99. The lowest BCUT2D eigenvalue weighted by molar-refractivity contribution is 0.0943. The van der Waals surface area contributed by atoms with Crippen LogP contribution in [0.4, 0.5) is 17.5 Å². The zero-order chi connectivity index (χ0) is 21.9. The van der Waals surface area contributed by atoms with E-state index >= 15 is 0 Å². The Kier molecular flexibility index (Phi) is 6.31. The third-order valence-corrected chi connectivity index (χ3v) is 4.99. The summed E-state index contributed by atoms with van der Waals surface area (Å²) in [5, 5.41) is 26.5. The van der Waals surface area contributed by atoms with Crippen LogP contribution >= 0.6 is 0 Å². The molecule has 1 aromatic carbocycles. The monoisotopic (exact) mass is 413 g/mol. The molecule has 2 aromatic heterocycles. The van der Waals surface area contributed by atoms with Gasteiger partial charge in [0.25, 0.3) is 0 Å². The van der Waals surface area contributed by atoms with Gasteiger partial charge in [0.2, 0.25) is 5.95 Å². The average Bonchev–Trinajstić information content (AvgIpc) is 3.11. The second-order valence-corrected chi connectivity index (χ2v) is 8.10. The van der Waals surface area contributed by atoms with Crippen molar-refractivity contribution in [1.82, 2.24) is 19.5 Å². The Morgan fingerprint density at radius 2 is 1.90 bits per heavy atom. The maximum atomic E-state index is 10.1. The second kappa shape index (κ2) is 8.74. The molecule has 0 aliphatic heterocycles. The predicted octanol–water partition coefficient (Wildman–Crippen LogP) is 3.27. The van der Waals surface area contributed by atoms with E-state index in [4.69, 9.17) is 5.73 Å². The number of aliphatic hydroxyl groups is 1. The number of anilines is 3. The summed E-state index contributed by atoms with van der Waals surface area (Å²) < 4.78 is 2.06. The Morgan fingerprint density at radius 1 is 1.17 bits per heavy atom. The number of aromatic nitrogens is 4. The molecule has 3 aromatic rings. The van der Waals surface area contributed by atoms with Crippen LogP contribution in [0.1, 0.15) is 52.1 Å². The molecule has 0 unspecified atom stereocenters. The van der Waals surface area contributed by atoms with E-state index in [1.165, 1.54) is 0 Å². The lowest BCUT2D eigenvalue weighted by Crippen LogP contribution is -2.30. The van der Waals surface area contributed by atoms with Crippen molar-refractivity contribution in [1.29, 1.82) is 0 Å². The van der Waals surface area contributed by atoms with Crippen LogP contribution in [0.15, 0.2) is 24.5 Å². The molecule has 0 saturated heterocycles. The molecule has 0 aliphatic rings. The van der Waals surface area contributed by atoms with Crippen LogP contribution in [-0.2, 0) is 6.54 Å². The molecule has 9 nitrogen and oxygen atoms in total. The summed E-state index contributed by atoms with van der Waals surface area (Å²) in [6.07, 6.45) is 3.70. The van der Waals surface area contributed by atoms with E-state index < -0.39 is 5.60 Å². The van der Waals surface area contributed by atoms with Gasteiger partial charge in [-0.3, -0.25) is 0 Å². The first-order valence-corrected chi connectivity index (χ1v) is 10.2. The molecule has 0 radical (unpaired) electrons. The van der Waals surface area contributed by atoms with Crippen LogP contribution in [0.2, 0.25) is 0 Å². The number of fused-ring (bicyclic) bond motifs is 1. The van der Waals surface area contributed by atoms with Crippen molar-refractivity contribution in [3.05, 3.63) is 30.1 Å². The fourth-order valence-corrected chi connectivity index (χ4v) is 3.29. The standard InChI is InChI=1S/C21H31N7O2/c1-5-15(6-2)28-12-25-17-18(23-10-13-9-14(22)7-8-16(13)29)26-20(27-19(17)28)24-11-21(3,4)30/h7-9,12,15,29-30H,5-6,10-11,22H2,1-4H3,(H2,23,24,26,27). The molecule has 9 heteroatoms. The van der Waals surface area contributed by atoms with Crippen molar-refractivity contribution in [2.75, 3.05) is 22.9 Å². The van der Waals surface area contributed by atoms with Gasteiger partial charge in [-0.15, -0.1) is 0 Å². The molecule has 0 aliphatic carbocycles. The van der Waals surface area contributed by atoms with Crippen LogP contribution in [0, 0.1) is 0 Å². The van der Waals surface area contributed by atoms with Crippen LogP contribution in [-0.4, -0.2) is 41.9 Å². The summed E-state index contributed by atoms with van der Waals surface area (Å²) in [4.78, 5) is 13.8. The van der Waals surface area contributed by atoms with Crippen LogP contribution in [0.3, 0.4) is 0 Å². The predicted molar refractivity (Wildman–Crippen MR) is 120 cm³/mol. The zero-order valence-electron chi connectivity index (χ0n) is 18.0. The highest BCUT2D eigenvalue weighted by atomic mass is 16.3. The van der Waals surface area contributed by atoms with Gasteiger partial charge in [0.15, 0.2) is 17.0 Å². The van der Waals surface area contributed by atoms with Gasteiger partial charge in [0, 0.05) is 30.4 Å².